The van der Waals surface area contributed by atoms with Gasteiger partial charge < -0.3 is 9.80 Å². The van der Waals surface area contributed by atoms with E-state index in [1.54, 1.807) is 24.3 Å². The summed E-state index contributed by atoms with van der Waals surface area (Å²) in [7, 11) is -3.70. The van der Waals surface area contributed by atoms with Gasteiger partial charge in [-0.05, 0) is 46.6 Å². The Hall–Kier alpha value is -1.19. The predicted molar refractivity (Wildman–Crippen MR) is 128 cm³/mol. The molecule has 2 aliphatic rings. The number of amides is 1. The molecule has 0 saturated carbocycles. The van der Waals surface area contributed by atoms with Crippen LogP contribution in [0.1, 0.15) is 5.56 Å². The minimum Gasteiger partial charge on any atom is -0.368 e. The summed E-state index contributed by atoms with van der Waals surface area (Å²) in [4.78, 5) is 16.1. The van der Waals surface area contributed by atoms with E-state index in [1.165, 1.54) is 9.21 Å². The lowest BCUT2D eigenvalue weighted by atomic mass is 10.1. The van der Waals surface area contributed by atoms with Crippen LogP contribution in [0.4, 0.5) is 11.4 Å². The van der Waals surface area contributed by atoms with Crippen molar-refractivity contribution in [1.29, 1.82) is 0 Å². The fourth-order valence-corrected chi connectivity index (χ4v) is 6.86. The Morgan fingerprint density at radius 2 is 1.55 bits per heavy atom. The zero-order chi connectivity index (χ0) is 22.4. The normalized spacial score (nSPS) is 17.1. The van der Waals surface area contributed by atoms with E-state index in [-0.39, 0.29) is 4.90 Å². The first-order valence-electron chi connectivity index (χ1n) is 9.61. The molecule has 2 heterocycles. The number of benzene rings is 2. The van der Waals surface area contributed by atoms with Gasteiger partial charge in [0.05, 0.1) is 5.69 Å². The van der Waals surface area contributed by atoms with Crippen molar-refractivity contribution in [1.82, 2.24) is 4.90 Å². The topological polar surface area (TPSA) is 60.9 Å². The number of hydrogen-bond acceptors (Lipinski definition) is 4. The van der Waals surface area contributed by atoms with Gasteiger partial charge in [-0.3, -0.25) is 9.10 Å². The summed E-state index contributed by atoms with van der Waals surface area (Å²) in [6.07, 6.45) is 0.614. The summed E-state index contributed by atoms with van der Waals surface area (Å²) < 4.78 is 26.7. The molecule has 31 heavy (non-hydrogen) atoms. The standard InChI is InChI=1S/C20H19BrCl3N3O3S/c21-15-4-1-2-7-18(15)31(29,30)27-9-8-14-16(5-3-6-17(14)27)25-10-12-26(13-11-25)19(28)20(22,23)24/h1-7H,8-13H2. The van der Waals surface area contributed by atoms with Gasteiger partial charge in [-0.1, -0.05) is 53.0 Å². The molecule has 2 aromatic carbocycles. The largest absolute Gasteiger partial charge is 0.368 e. The molecule has 0 aromatic heterocycles. The first kappa shape index (κ1) is 23.0. The molecule has 11 heteroatoms. The first-order chi connectivity index (χ1) is 14.6. The second-order valence-electron chi connectivity index (χ2n) is 7.31. The Labute approximate surface area is 204 Å². The maximum Gasteiger partial charge on any atom is 0.274 e. The second kappa shape index (κ2) is 8.63. The lowest BCUT2D eigenvalue weighted by Gasteiger charge is -2.38. The van der Waals surface area contributed by atoms with Gasteiger partial charge in [0.2, 0.25) is 0 Å². The molecule has 6 nitrogen and oxygen atoms in total. The number of nitrogens with zero attached hydrogens (tertiary/aromatic N) is 3. The molecular formula is C20H19BrCl3N3O3S. The quantitative estimate of drug-likeness (QED) is 0.522. The fraction of sp³-hybridized carbons (Fsp3) is 0.350. The van der Waals surface area contributed by atoms with E-state index in [1.807, 2.05) is 18.2 Å². The number of halogens is 4. The van der Waals surface area contributed by atoms with Crippen LogP contribution in [0.3, 0.4) is 0 Å². The molecule has 2 aliphatic heterocycles. The van der Waals surface area contributed by atoms with Crippen LogP contribution in [0.25, 0.3) is 0 Å². The van der Waals surface area contributed by atoms with Crippen molar-refractivity contribution in [3.8, 4) is 0 Å². The van der Waals surface area contributed by atoms with Crippen LogP contribution in [0.2, 0.25) is 0 Å². The third-order valence-corrected chi connectivity index (χ3v) is 8.83. The van der Waals surface area contributed by atoms with Crippen LogP contribution in [0.5, 0.6) is 0 Å². The minimum atomic E-state index is -3.70. The molecule has 1 fully saturated rings. The monoisotopic (exact) mass is 565 g/mol. The number of anilines is 2. The van der Waals surface area contributed by atoms with Crippen LogP contribution in [0, 0.1) is 0 Å². The van der Waals surface area contributed by atoms with E-state index in [0.717, 1.165) is 11.3 Å². The summed E-state index contributed by atoms with van der Waals surface area (Å²) in [6.45, 7) is 2.37. The Kier molecular flexibility index (Phi) is 6.40. The molecule has 0 unspecified atom stereocenters. The van der Waals surface area contributed by atoms with Crippen molar-refractivity contribution >= 4 is 78.0 Å². The lowest BCUT2D eigenvalue weighted by molar-refractivity contribution is -0.130. The maximum atomic E-state index is 13.3. The number of sulfonamides is 1. The third-order valence-electron chi connectivity index (χ3n) is 5.51. The van der Waals surface area contributed by atoms with Gasteiger partial charge in [0.15, 0.2) is 0 Å². The van der Waals surface area contributed by atoms with Gasteiger partial charge >= 0.3 is 0 Å². The van der Waals surface area contributed by atoms with Gasteiger partial charge in [0, 0.05) is 48.4 Å². The summed E-state index contributed by atoms with van der Waals surface area (Å²) >= 11 is 20.5. The summed E-state index contributed by atoms with van der Waals surface area (Å²) in [6, 6.07) is 12.5. The van der Waals surface area contributed by atoms with Crippen LogP contribution in [-0.4, -0.2) is 55.7 Å². The molecule has 0 N–H and O–H groups in total. The summed E-state index contributed by atoms with van der Waals surface area (Å²) in [5.74, 6) is -0.527. The van der Waals surface area contributed by atoms with Crippen molar-refractivity contribution < 1.29 is 13.2 Å². The smallest absolute Gasteiger partial charge is 0.274 e. The summed E-state index contributed by atoms with van der Waals surface area (Å²) in [5, 5.41) is 0. The first-order valence-corrected chi connectivity index (χ1v) is 13.0. The Balaban J connectivity index is 1.58. The predicted octanol–water partition coefficient (Wildman–Crippen LogP) is 4.22. The van der Waals surface area contributed by atoms with Crippen molar-refractivity contribution in [2.24, 2.45) is 0 Å². The number of hydrogen-bond donors (Lipinski definition) is 0. The van der Waals surface area contributed by atoms with E-state index in [9.17, 15) is 13.2 Å². The zero-order valence-corrected chi connectivity index (χ0v) is 20.9. The summed E-state index contributed by atoms with van der Waals surface area (Å²) in [5.41, 5.74) is 2.65. The highest BCUT2D eigenvalue weighted by molar-refractivity contribution is 9.10. The molecule has 1 saturated heterocycles. The van der Waals surface area contributed by atoms with Crippen LogP contribution in [-0.2, 0) is 21.2 Å². The molecule has 0 radical (unpaired) electrons. The number of carbonyl (C=O) groups is 1. The van der Waals surface area contributed by atoms with Crippen LogP contribution >= 0.6 is 50.7 Å². The van der Waals surface area contributed by atoms with Gasteiger partial charge in [0.25, 0.3) is 19.7 Å². The Bertz CT molecular complexity index is 1120. The molecule has 0 atom stereocenters. The molecule has 4 rings (SSSR count). The maximum absolute atomic E-state index is 13.3. The minimum absolute atomic E-state index is 0.243. The SMILES string of the molecule is O=C(N1CCN(c2cccc3c2CCN3S(=O)(=O)c2ccccc2Br)CC1)C(Cl)(Cl)Cl. The van der Waals surface area contributed by atoms with Crippen molar-refractivity contribution in [3.05, 3.63) is 52.5 Å². The van der Waals surface area contributed by atoms with Gasteiger partial charge in [-0.2, -0.15) is 0 Å². The lowest BCUT2D eigenvalue weighted by Crippen LogP contribution is -2.52. The number of piperazine rings is 1. The number of carbonyl (C=O) groups excluding carboxylic acids is 1. The van der Waals surface area contributed by atoms with Gasteiger partial charge in [-0.15, -0.1) is 0 Å². The molecule has 0 spiro atoms. The van der Waals surface area contributed by atoms with Gasteiger partial charge in [0.1, 0.15) is 4.90 Å². The molecular weight excluding hydrogens is 549 g/mol. The average molecular weight is 568 g/mol. The van der Waals surface area contributed by atoms with Crippen molar-refractivity contribution in [2.45, 2.75) is 15.1 Å². The Morgan fingerprint density at radius 3 is 2.19 bits per heavy atom. The fourth-order valence-electron chi connectivity index (χ4n) is 4.03. The number of fused-ring (bicyclic) bond motifs is 1. The number of alkyl halides is 3. The van der Waals surface area contributed by atoms with E-state index >= 15 is 0 Å². The van der Waals surface area contributed by atoms with E-state index in [4.69, 9.17) is 34.8 Å². The molecule has 0 bridgehead atoms. The highest BCUT2D eigenvalue weighted by atomic mass is 79.9. The van der Waals surface area contributed by atoms with E-state index < -0.39 is 19.7 Å². The molecule has 0 aliphatic carbocycles. The molecule has 2 aromatic rings. The van der Waals surface area contributed by atoms with Gasteiger partial charge in [-0.25, -0.2) is 8.42 Å². The van der Waals surface area contributed by atoms with E-state index in [2.05, 4.69) is 20.8 Å². The molecule has 1 amide bonds. The highest BCUT2D eigenvalue weighted by Gasteiger charge is 2.38. The zero-order valence-electron chi connectivity index (χ0n) is 16.3. The van der Waals surface area contributed by atoms with Crippen LogP contribution < -0.4 is 9.21 Å². The highest BCUT2D eigenvalue weighted by Crippen LogP contribution is 2.40. The average Bonchev–Trinajstić information content (AvgIpc) is 3.18. The van der Waals surface area contributed by atoms with Crippen LogP contribution in [0.15, 0.2) is 51.8 Å². The third kappa shape index (κ3) is 4.37. The van der Waals surface area contributed by atoms with E-state index in [0.29, 0.717) is 49.3 Å². The molecule has 166 valence electrons. The Morgan fingerprint density at radius 1 is 0.903 bits per heavy atom. The van der Waals surface area contributed by atoms with Crippen molar-refractivity contribution in [3.63, 3.8) is 0 Å². The van der Waals surface area contributed by atoms with Crippen molar-refractivity contribution in [2.75, 3.05) is 41.9 Å². The second-order valence-corrected chi connectivity index (χ2v) is 12.3. The number of rotatable bonds is 3.